The molecule has 11 heteroatoms. The van der Waals surface area contributed by atoms with Crippen molar-refractivity contribution >= 4 is 15.9 Å². The fourth-order valence-corrected chi connectivity index (χ4v) is 1.96. The van der Waals surface area contributed by atoms with E-state index in [1.54, 1.807) is 0 Å². The van der Waals surface area contributed by atoms with E-state index in [4.69, 9.17) is 29.3 Å². The van der Waals surface area contributed by atoms with E-state index in [1.807, 2.05) is 6.92 Å². The Bertz CT molecular complexity index is 972. The molecule has 3 rings (SSSR count). The van der Waals surface area contributed by atoms with Crippen LogP contribution in [0.5, 0.6) is 17.2 Å². The average molecular weight is 487 g/mol. The SMILES string of the molecule is CCc1cc(=O)c(O)co1.O=c1cc(CBr)occ1O.O=c1cc(CO)occ1O. The van der Waals surface area contributed by atoms with Gasteiger partial charge in [0.2, 0.25) is 16.3 Å². The molecule has 0 aliphatic heterocycles. The molecule has 0 saturated heterocycles. The molecule has 162 valence electrons. The molecule has 0 aromatic carbocycles. The second-order valence-corrected chi connectivity index (χ2v) is 5.99. The predicted molar refractivity (Wildman–Crippen MR) is 108 cm³/mol. The van der Waals surface area contributed by atoms with Gasteiger partial charge in [-0.2, -0.15) is 0 Å². The molecule has 0 radical (unpaired) electrons. The maximum atomic E-state index is 10.7. The van der Waals surface area contributed by atoms with Crippen LogP contribution in [0.4, 0.5) is 0 Å². The summed E-state index contributed by atoms with van der Waals surface area (Å²) in [5.41, 5.74) is -1.35. The summed E-state index contributed by atoms with van der Waals surface area (Å²) in [6.45, 7) is 1.53. The minimum absolute atomic E-state index is 0.141. The van der Waals surface area contributed by atoms with E-state index in [-0.39, 0.29) is 29.3 Å². The van der Waals surface area contributed by atoms with Gasteiger partial charge in [-0.1, -0.05) is 22.9 Å². The van der Waals surface area contributed by atoms with Gasteiger partial charge in [0.05, 0.1) is 5.33 Å². The maximum Gasteiger partial charge on any atom is 0.226 e. The first-order valence-electron chi connectivity index (χ1n) is 8.30. The van der Waals surface area contributed by atoms with Crippen LogP contribution in [-0.2, 0) is 18.4 Å². The lowest BCUT2D eigenvalue weighted by molar-refractivity contribution is 0.241. The molecule has 0 amide bonds. The molecule has 0 aliphatic rings. The number of halogens is 1. The van der Waals surface area contributed by atoms with Gasteiger partial charge in [-0.3, -0.25) is 14.4 Å². The predicted octanol–water partition coefficient (Wildman–Crippen LogP) is 1.99. The largest absolute Gasteiger partial charge is 0.502 e. The highest BCUT2D eigenvalue weighted by atomic mass is 79.9. The fraction of sp³-hybridized carbons (Fsp3) is 0.211. The van der Waals surface area contributed by atoms with E-state index in [2.05, 4.69) is 20.3 Å². The molecule has 10 nitrogen and oxygen atoms in total. The molecule has 4 N–H and O–H groups in total. The number of hydrogen-bond donors (Lipinski definition) is 4. The second kappa shape index (κ2) is 12.3. The number of rotatable bonds is 3. The van der Waals surface area contributed by atoms with Crippen molar-refractivity contribution in [1.82, 2.24) is 0 Å². The third kappa shape index (κ3) is 7.97. The third-order valence-electron chi connectivity index (χ3n) is 3.24. The Labute approximate surface area is 177 Å². The third-order valence-corrected chi connectivity index (χ3v) is 3.79. The molecule has 30 heavy (non-hydrogen) atoms. The van der Waals surface area contributed by atoms with E-state index < -0.39 is 16.6 Å². The van der Waals surface area contributed by atoms with E-state index in [0.717, 1.165) is 24.9 Å². The molecule has 0 atom stereocenters. The summed E-state index contributed by atoms with van der Waals surface area (Å²) < 4.78 is 14.2. The van der Waals surface area contributed by atoms with Crippen molar-refractivity contribution in [1.29, 1.82) is 0 Å². The smallest absolute Gasteiger partial charge is 0.226 e. The maximum absolute atomic E-state index is 10.7. The molecule has 0 spiro atoms. The Balaban J connectivity index is 0.000000225. The van der Waals surface area contributed by atoms with Crippen LogP contribution in [0.15, 0.2) is 64.6 Å². The standard InChI is InChI=1S/C7H8O3.C6H5BrO3.C6H6O4/c1-2-5-3-6(8)7(9)4-10-5;2*7-2-4-1-5(8)6(9)3-10-4/h3-4,9H,2H2,1H3;1,3,9H,2H2;1,3,7,9H,2H2. The van der Waals surface area contributed by atoms with Gasteiger partial charge >= 0.3 is 0 Å². The molecule has 0 fully saturated rings. The highest BCUT2D eigenvalue weighted by Crippen LogP contribution is 2.06. The van der Waals surface area contributed by atoms with E-state index >= 15 is 0 Å². The summed E-state index contributed by atoms with van der Waals surface area (Å²) in [6, 6.07) is 3.56. The van der Waals surface area contributed by atoms with Crippen LogP contribution in [0.25, 0.3) is 0 Å². The van der Waals surface area contributed by atoms with E-state index in [0.29, 0.717) is 23.3 Å². The van der Waals surface area contributed by atoms with Crippen molar-refractivity contribution in [3.05, 3.63) is 84.9 Å². The molecule has 0 saturated carbocycles. The minimum Gasteiger partial charge on any atom is -0.502 e. The lowest BCUT2D eigenvalue weighted by atomic mass is 10.3. The highest BCUT2D eigenvalue weighted by molar-refractivity contribution is 9.08. The number of alkyl halides is 1. The van der Waals surface area contributed by atoms with Crippen LogP contribution < -0.4 is 16.3 Å². The Morgan fingerprint density at radius 2 is 1.10 bits per heavy atom. The van der Waals surface area contributed by atoms with Gasteiger partial charge in [0, 0.05) is 24.6 Å². The van der Waals surface area contributed by atoms with Crippen LogP contribution >= 0.6 is 15.9 Å². The van der Waals surface area contributed by atoms with Crippen molar-refractivity contribution in [3.63, 3.8) is 0 Å². The zero-order valence-corrected chi connectivity index (χ0v) is 17.3. The first-order chi connectivity index (χ1) is 14.2. The van der Waals surface area contributed by atoms with Crippen LogP contribution in [0.3, 0.4) is 0 Å². The Hall–Kier alpha value is -3.31. The summed E-state index contributed by atoms with van der Waals surface area (Å²) in [4.78, 5) is 31.9. The van der Waals surface area contributed by atoms with E-state index in [9.17, 15) is 14.4 Å². The van der Waals surface area contributed by atoms with Gasteiger partial charge in [-0.15, -0.1) is 0 Å². The van der Waals surface area contributed by atoms with Crippen LogP contribution in [-0.4, -0.2) is 20.4 Å². The van der Waals surface area contributed by atoms with Gasteiger partial charge in [0.1, 0.15) is 42.7 Å². The quantitative estimate of drug-likeness (QED) is 0.401. The van der Waals surface area contributed by atoms with Crippen molar-refractivity contribution in [2.75, 3.05) is 0 Å². The Kier molecular flexibility index (Phi) is 10.1. The van der Waals surface area contributed by atoms with Crippen molar-refractivity contribution in [2.24, 2.45) is 0 Å². The first kappa shape index (κ1) is 24.7. The van der Waals surface area contributed by atoms with E-state index in [1.165, 1.54) is 12.1 Å². The molecule has 0 bridgehead atoms. The van der Waals surface area contributed by atoms with Gasteiger partial charge in [-0.25, -0.2) is 0 Å². The summed E-state index contributed by atoms with van der Waals surface area (Å²) in [6.07, 6.45) is 3.64. The molecule has 3 aromatic rings. The number of hydrogen-bond acceptors (Lipinski definition) is 10. The Morgan fingerprint density at radius 3 is 1.47 bits per heavy atom. The van der Waals surface area contributed by atoms with Crippen molar-refractivity contribution in [2.45, 2.75) is 25.3 Å². The monoisotopic (exact) mass is 486 g/mol. The lowest BCUT2D eigenvalue weighted by Gasteiger charge is -1.92. The Morgan fingerprint density at radius 1 is 0.733 bits per heavy atom. The summed E-state index contributed by atoms with van der Waals surface area (Å²) >= 11 is 3.10. The summed E-state index contributed by atoms with van der Waals surface area (Å²) in [7, 11) is 0. The first-order valence-corrected chi connectivity index (χ1v) is 9.42. The summed E-state index contributed by atoms with van der Waals surface area (Å²) in [5, 5.41) is 35.0. The zero-order valence-electron chi connectivity index (χ0n) is 15.7. The molecule has 3 aromatic heterocycles. The molecule has 0 aliphatic carbocycles. The summed E-state index contributed by atoms with van der Waals surface area (Å²) in [5.74, 6) is 0.0903. The topological polar surface area (TPSA) is 172 Å². The van der Waals surface area contributed by atoms with Gasteiger partial charge in [-0.05, 0) is 0 Å². The number of aromatic hydroxyl groups is 3. The van der Waals surface area contributed by atoms with Gasteiger partial charge in [0.15, 0.2) is 17.2 Å². The second-order valence-electron chi connectivity index (χ2n) is 5.43. The highest BCUT2D eigenvalue weighted by Gasteiger charge is 1.99. The normalized spacial score (nSPS) is 9.70. The number of aliphatic hydroxyl groups is 1. The van der Waals surface area contributed by atoms with Crippen LogP contribution in [0.1, 0.15) is 24.2 Å². The van der Waals surface area contributed by atoms with Crippen molar-refractivity contribution in [3.8, 4) is 17.2 Å². The van der Waals surface area contributed by atoms with Crippen LogP contribution in [0, 0.1) is 0 Å². The van der Waals surface area contributed by atoms with Crippen LogP contribution in [0.2, 0.25) is 0 Å². The van der Waals surface area contributed by atoms with Gasteiger partial charge in [0.25, 0.3) is 0 Å². The molecule has 0 unspecified atom stereocenters. The van der Waals surface area contributed by atoms with Crippen molar-refractivity contribution < 1.29 is 33.7 Å². The number of aryl methyl sites for hydroxylation is 1. The fourth-order valence-electron chi connectivity index (χ4n) is 1.67. The average Bonchev–Trinajstić information content (AvgIpc) is 2.75. The van der Waals surface area contributed by atoms with Gasteiger partial charge < -0.3 is 33.7 Å². The molecular weight excluding hydrogens is 468 g/mol. The minimum atomic E-state index is -0.546. The lowest BCUT2D eigenvalue weighted by Crippen LogP contribution is -1.99. The zero-order chi connectivity index (χ0) is 22.7. The molecule has 3 heterocycles. The molecular formula is C19H19BrO10. The number of aliphatic hydroxyl groups excluding tert-OH is 1.